The summed E-state index contributed by atoms with van der Waals surface area (Å²) in [5.41, 5.74) is 0.608. The van der Waals surface area contributed by atoms with Crippen LogP contribution in [0.1, 0.15) is 31.6 Å². The third kappa shape index (κ3) is 4.26. The van der Waals surface area contributed by atoms with E-state index in [1.165, 1.54) is 4.68 Å². The number of nitrogens with one attached hydrogen (secondary N) is 2. The molecule has 148 valence electrons. The van der Waals surface area contributed by atoms with Crippen LogP contribution in [0, 0.1) is 0 Å². The Kier molecular flexibility index (Phi) is 5.24. The predicted octanol–water partition coefficient (Wildman–Crippen LogP) is 3.54. The van der Waals surface area contributed by atoms with Gasteiger partial charge in [-0.15, -0.1) is 0 Å². The molecule has 0 radical (unpaired) electrons. The monoisotopic (exact) mass is 391 g/mol. The van der Waals surface area contributed by atoms with Crippen molar-refractivity contribution in [3.8, 4) is 11.5 Å². The molecule has 2 amide bonds. The molecule has 2 aromatic carbocycles. The van der Waals surface area contributed by atoms with Crippen molar-refractivity contribution in [2.75, 3.05) is 10.6 Å². The molecule has 0 fully saturated rings. The second kappa shape index (κ2) is 8.14. The molecule has 1 aromatic heterocycles. The molecule has 1 atom stereocenters. The van der Waals surface area contributed by atoms with Crippen LogP contribution in [-0.4, -0.2) is 26.6 Å². The Labute approximate surface area is 167 Å². The van der Waals surface area contributed by atoms with Crippen molar-refractivity contribution in [2.24, 2.45) is 0 Å². The van der Waals surface area contributed by atoms with Crippen LogP contribution >= 0.6 is 0 Å². The van der Waals surface area contributed by atoms with E-state index in [0.717, 1.165) is 12.2 Å². The fourth-order valence-electron chi connectivity index (χ4n) is 3.10. The van der Waals surface area contributed by atoms with Gasteiger partial charge in [0.1, 0.15) is 17.5 Å². The molecule has 1 unspecified atom stereocenters. The topological polar surface area (TPSA) is 98.1 Å². The summed E-state index contributed by atoms with van der Waals surface area (Å²) < 4.78 is 7.25. The molecule has 0 saturated carbocycles. The molecule has 0 spiro atoms. The standard InChI is InChI=1S/C21H21N5O3/c1-2-6-18-23-21-24-19(27)13-17(26(21)25-18)20(28)22-14-9-11-16(12-10-14)29-15-7-4-3-5-8-15/h3-5,7-12,17H,2,6,13H2,1H3,(H,22,28)(H,23,24,25,27). The maximum atomic E-state index is 12.8. The van der Waals surface area contributed by atoms with Gasteiger partial charge in [-0.05, 0) is 42.8 Å². The first-order valence-electron chi connectivity index (χ1n) is 9.51. The van der Waals surface area contributed by atoms with Gasteiger partial charge in [0.05, 0.1) is 6.42 Å². The highest BCUT2D eigenvalue weighted by atomic mass is 16.5. The highest BCUT2D eigenvalue weighted by Gasteiger charge is 2.33. The van der Waals surface area contributed by atoms with Gasteiger partial charge < -0.3 is 10.1 Å². The number of nitrogens with zero attached hydrogens (tertiary/aromatic N) is 3. The highest BCUT2D eigenvalue weighted by Crippen LogP contribution is 2.26. The second-order valence-corrected chi connectivity index (χ2v) is 6.74. The Bertz CT molecular complexity index is 1010. The van der Waals surface area contributed by atoms with Crippen molar-refractivity contribution in [3.05, 3.63) is 60.4 Å². The Hall–Kier alpha value is -3.68. The number of para-hydroxylation sites is 1. The number of benzene rings is 2. The quantitative estimate of drug-likeness (QED) is 0.670. The lowest BCUT2D eigenvalue weighted by molar-refractivity contribution is -0.125. The summed E-state index contributed by atoms with van der Waals surface area (Å²) in [5, 5.41) is 9.90. The third-order valence-electron chi connectivity index (χ3n) is 4.48. The fourth-order valence-corrected chi connectivity index (χ4v) is 3.10. The molecule has 3 aromatic rings. The number of fused-ring (bicyclic) bond motifs is 1. The zero-order valence-electron chi connectivity index (χ0n) is 16.0. The summed E-state index contributed by atoms with van der Waals surface area (Å²) in [7, 11) is 0. The van der Waals surface area contributed by atoms with Crippen LogP contribution in [0.3, 0.4) is 0 Å². The van der Waals surface area contributed by atoms with E-state index < -0.39 is 6.04 Å². The molecular weight excluding hydrogens is 370 g/mol. The minimum atomic E-state index is -0.739. The smallest absolute Gasteiger partial charge is 0.249 e. The number of aromatic nitrogens is 3. The van der Waals surface area contributed by atoms with E-state index in [1.807, 2.05) is 37.3 Å². The molecule has 4 rings (SSSR count). The zero-order chi connectivity index (χ0) is 20.2. The van der Waals surface area contributed by atoms with Crippen LogP contribution in [0.15, 0.2) is 54.6 Å². The predicted molar refractivity (Wildman–Crippen MR) is 108 cm³/mol. The van der Waals surface area contributed by atoms with Crippen LogP contribution in [-0.2, 0) is 16.0 Å². The van der Waals surface area contributed by atoms with E-state index in [-0.39, 0.29) is 18.2 Å². The number of amides is 2. The van der Waals surface area contributed by atoms with Gasteiger partial charge in [-0.25, -0.2) is 4.68 Å². The first-order chi connectivity index (χ1) is 14.1. The van der Waals surface area contributed by atoms with Gasteiger partial charge in [0.25, 0.3) is 0 Å². The van der Waals surface area contributed by atoms with Gasteiger partial charge in [-0.1, -0.05) is 25.1 Å². The lowest BCUT2D eigenvalue weighted by atomic mass is 10.1. The van der Waals surface area contributed by atoms with Crippen molar-refractivity contribution in [1.82, 2.24) is 14.8 Å². The fraction of sp³-hybridized carbons (Fsp3) is 0.238. The zero-order valence-corrected chi connectivity index (χ0v) is 16.0. The van der Waals surface area contributed by atoms with Gasteiger partial charge in [0.15, 0.2) is 5.82 Å². The van der Waals surface area contributed by atoms with Crippen LogP contribution in [0.25, 0.3) is 0 Å². The van der Waals surface area contributed by atoms with Gasteiger partial charge in [-0.2, -0.15) is 10.1 Å². The minimum Gasteiger partial charge on any atom is -0.457 e. The van der Waals surface area contributed by atoms with Gasteiger partial charge in [0, 0.05) is 12.1 Å². The first kappa shape index (κ1) is 18.7. The molecule has 1 aliphatic rings. The summed E-state index contributed by atoms with van der Waals surface area (Å²) in [6, 6.07) is 15.8. The molecule has 2 heterocycles. The lowest BCUT2D eigenvalue weighted by Crippen LogP contribution is -2.36. The minimum absolute atomic E-state index is 0.0168. The Balaban J connectivity index is 1.46. The first-order valence-corrected chi connectivity index (χ1v) is 9.51. The largest absolute Gasteiger partial charge is 0.457 e. The average Bonchev–Trinajstić information content (AvgIpc) is 3.12. The van der Waals surface area contributed by atoms with Crippen molar-refractivity contribution in [1.29, 1.82) is 0 Å². The van der Waals surface area contributed by atoms with Crippen molar-refractivity contribution < 1.29 is 14.3 Å². The average molecular weight is 391 g/mol. The van der Waals surface area contributed by atoms with Crippen LogP contribution in [0.2, 0.25) is 0 Å². The molecule has 8 heteroatoms. The molecular formula is C21H21N5O3. The second-order valence-electron chi connectivity index (χ2n) is 6.74. The molecule has 29 heavy (non-hydrogen) atoms. The maximum absolute atomic E-state index is 12.8. The summed E-state index contributed by atoms with van der Waals surface area (Å²) >= 11 is 0. The van der Waals surface area contributed by atoms with Crippen LogP contribution in [0.4, 0.5) is 11.6 Å². The van der Waals surface area contributed by atoms with Crippen molar-refractivity contribution in [2.45, 2.75) is 32.2 Å². The molecule has 0 saturated heterocycles. The molecule has 8 nitrogen and oxygen atoms in total. The number of rotatable bonds is 6. The van der Waals surface area contributed by atoms with E-state index in [4.69, 9.17) is 4.74 Å². The van der Waals surface area contributed by atoms with Gasteiger partial charge >= 0.3 is 0 Å². The highest BCUT2D eigenvalue weighted by molar-refractivity contribution is 6.00. The molecule has 0 aliphatic carbocycles. The van der Waals surface area contributed by atoms with Crippen molar-refractivity contribution in [3.63, 3.8) is 0 Å². The normalized spacial score (nSPS) is 15.3. The number of hydrogen-bond acceptors (Lipinski definition) is 5. The summed E-state index contributed by atoms with van der Waals surface area (Å²) in [5.74, 6) is 1.76. The number of aryl methyl sites for hydroxylation is 1. The van der Waals surface area contributed by atoms with Gasteiger partial charge in [-0.3, -0.25) is 14.9 Å². The molecule has 0 bridgehead atoms. The van der Waals surface area contributed by atoms with Gasteiger partial charge in [0.2, 0.25) is 17.8 Å². The number of hydrogen-bond donors (Lipinski definition) is 2. The van der Waals surface area contributed by atoms with E-state index in [1.54, 1.807) is 24.3 Å². The van der Waals surface area contributed by atoms with Crippen molar-refractivity contribution >= 4 is 23.5 Å². The Morgan fingerprint density at radius 2 is 1.90 bits per heavy atom. The summed E-state index contributed by atoms with van der Waals surface area (Å²) in [4.78, 5) is 29.1. The van der Waals surface area contributed by atoms with E-state index in [2.05, 4.69) is 20.7 Å². The van der Waals surface area contributed by atoms with E-state index in [9.17, 15) is 9.59 Å². The Morgan fingerprint density at radius 3 is 2.62 bits per heavy atom. The molecule has 2 N–H and O–H groups in total. The maximum Gasteiger partial charge on any atom is 0.249 e. The number of anilines is 2. The van der Waals surface area contributed by atoms with E-state index >= 15 is 0 Å². The lowest BCUT2D eigenvalue weighted by Gasteiger charge is -2.22. The van der Waals surface area contributed by atoms with Crippen LogP contribution in [0.5, 0.6) is 11.5 Å². The molecule has 1 aliphatic heterocycles. The number of carbonyl (C=O) groups is 2. The summed E-state index contributed by atoms with van der Waals surface area (Å²) in [6.07, 6.45) is 1.59. The van der Waals surface area contributed by atoms with Crippen LogP contribution < -0.4 is 15.4 Å². The third-order valence-corrected chi connectivity index (χ3v) is 4.48. The Morgan fingerprint density at radius 1 is 1.17 bits per heavy atom. The number of ether oxygens (including phenoxy) is 1. The van der Waals surface area contributed by atoms with E-state index in [0.29, 0.717) is 29.6 Å². The number of carbonyl (C=O) groups excluding carboxylic acids is 2. The SMILES string of the molecule is CCCc1nc2n(n1)C(C(=O)Nc1ccc(Oc3ccccc3)cc1)CC(=O)N2. The summed E-state index contributed by atoms with van der Waals surface area (Å²) in [6.45, 7) is 2.02.